The third-order valence-corrected chi connectivity index (χ3v) is 8.63. The first-order valence-electron chi connectivity index (χ1n) is 15.9. The molecule has 0 aromatic heterocycles. The largest absolute Gasteiger partial charge is 0.394 e. The molecule has 14 N–H and O–H groups in total. The Balaban J connectivity index is 2.13. The molecular formula is C28H50N2O20. The van der Waals surface area contributed by atoms with Crippen molar-refractivity contribution in [1.82, 2.24) is 10.6 Å². The number of amides is 2. The van der Waals surface area contributed by atoms with Gasteiger partial charge in [0.05, 0.1) is 38.6 Å². The number of hydrogen-bond donors (Lipinski definition) is 14. The van der Waals surface area contributed by atoms with Gasteiger partial charge < -0.3 is 100 Å². The van der Waals surface area contributed by atoms with E-state index in [-0.39, 0.29) is 0 Å². The smallest absolute Gasteiger partial charge is 0.217 e. The Bertz CT molecular complexity index is 1080. The predicted molar refractivity (Wildman–Crippen MR) is 158 cm³/mol. The molecule has 3 aliphatic heterocycles. The van der Waals surface area contributed by atoms with Crippen LogP contribution in [0.5, 0.6) is 0 Å². The molecular weight excluding hydrogens is 684 g/mol. The van der Waals surface area contributed by atoms with Crippen molar-refractivity contribution >= 4 is 11.8 Å². The highest BCUT2D eigenvalue weighted by Crippen LogP contribution is 2.35. The lowest BCUT2D eigenvalue weighted by Crippen LogP contribution is -2.69. The van der Waals surface area contributed by atoms with Gasteiger partial charge in [-0.15, -0.1) is 0 Å². The maximum Gasteiger partial charge on any atom is 0.217 e. The maximum atomic E-state index is 12.0. The number of rotatable bonds is 15. The van der Waals surface area contributed by atoms with Crippen LogP contribution in [0.4, 0.5) is 0 Å². The first-order valence-corrected chi connectivity index (χ1v) is 15.9. The number of nitrogens with one attached hydrogen (secondary N) is 2. The third-order valence-electron chi connectivity index (χ3n) is 8.63. The second-order valence-electron chi connectivity index (χ2n) is 12.4. The van der Waals surface area contributed by atoms with Gasteiger partial charge in [-0.1, -0.05) is 0 Å². The van der Waals surface area contributed by atoms with Gasteiger partial charge in [-0.3, -0.25) is 9.59 Å². The standard InChI is InChI=1S/C28H50N2O20/c1-8-16(38)21(43)22(44)27(45-8)50-25-24(49-26-15(30-10(3)36)20(42)18(40)13(6-33)46-26)19(41)14(7-34)47-28(25)48-23(17(39)12(37)5-32)11(4-31)29-9(2)35/h8,11-28,31-34,37-44H,4-7H2,1-3H3,(H,29,35)(H,30,36)/t8-,11+,12-,13-,14-,15-,16+,17+,18+,19+,20-,21+,22-,23-,24+,25-,26-,27-,28+/m1/s1. The molecule has 0 aromatic rings. The van der Waals surface area contributed by atoms with E-state index in [0.717, 1.165) is 13.8 Å². The molecule has 2 amide bonds. The van der Waals surface area contributed by atoms with Gasteiger partial charge in [0, 0.05) is 13.8 Å². The van der Waals surface area contributed by atoms with Gasteiger partial charge in [0.1, 0.15) is 85.4 Å². The average Bonchev–Trinajstić information content (AvgIpc) is 3.08. The minimum Gasteiger partial charge on any atom is -0.394 e. The van der Waals surface area contributed by atoms with Crippen LogP contribution < -0.4 is 10.6 Å². The predicted octanol–water partition coefficient (Wildman–Crippen LogP) is -8.80. The van der Waals surface area contributed by atoms with Gasteiger partial charge in [-0.2, -0.15) is 0 Å². The summed E-state index contributed by atoms with van der Waals surface area (Å²) >= 11 is 0. The number of hydrogen-bond acceptors (Lipinski definition) is 20. The Morgan fingerprint density at radius 1 is 0.680 bits per heavy atom. The molecule has 292 valence electrons. The second-order valence-corrected chi connectivity index (χ2v) is 12.4. The zero-order valence-electron chi connectivity index (χ0n) is 27.4. The van der Waals surface area contributed by atoms with Crippen molar-refractivity contribution in [2.45, 2.75) is 137 Å². The topological polar surface area (TPSA) is 356 Å². The molecule has 0 bridgehead atoms. The molecule has 0 radical (unpaired) electrons. The van der Waals surface area contributed by atoms with Crippen LogP contribution in [0.1, 0.15) is 20.8 Å². The Kier molecular flexibility index (Phi) is 16.0. The van der Waals surface area contributed by atoms with Crippen LogP contribution in [-0.2, 0) is 38.0 Å². The van der Waals surface area contributed by atoms with Crippen molar-refractivity contribution in [2.75, 3.05) is 26.4 Å². The van der Waals surface area contributed by atoms with Crippen molar-refractivity contribution in [3.05, 3.63) is 0 Å². The van der Waals surface area contributed by atoms with Crippen LogP contribution in [0.15, 0.2) is 0 Å². The zero-order valence-corrected chi connectivity index (χ0v) is 27.4. The lowest BCUT2D eigenvalue weighted by Gasteiger charge is -2.50. The quantitative estimate of drug-likeness (QED) is 0.0742. The van der Waals surface area contributed by atoms with Gasteiger partial charge in [0.15, 0.2) is 18.9 Å². The number of aliphatic hydroxyl groups is 12. The van der Waals surface area contributed by atoms with Gasteiger partial charge in [-0.25, -0.2) is 0 Å². The van der Waals surface area contributed by atoms with E-state index in [4.69, 9.17) is 28.4 Å². The molecule has 22 heteroatoms. The van der Waals surface area contributed by atoms with Crippen molar-refractivity contribution in [1.29, 1.82) is 0 Å². The minimum atomic E-state index is -2.08. The maximum absolute atomic E-state index is 12.0. The monoisotopic (exact) mass is 734 g/mol. The number of ether oxygens (including phenoxy) is 6. The molecule has 19 atom stereocenters. The molecule has 3 aliphatic rings. The Hall–Kier alpha value is -1.78. The van der Waals surface area contributed by atoms with Crippen molar-refractivity contribution in [3.8, 4) is 0 Å². The van der Waals surface area contributed by atoms with E-state index in [9.17, 15) is 70.9 Å². The SMILES string of the molecule is CC(=O)N[C@H]1[C@@H](O[C@H]2[C@@H](O)[C@@H](CO)O[C@@H](O[C@@H]([C@@H](O)[C@H](O)CO)[C@H](CO)NC(C)=O)[C@@H]2O[C@H]2O[C@H](C)[C@H](O)[C@H](O)[C@H]2O)O[C@H](CO)[C@H](O)[C@@H]1O. The summed E-state index contributed by atoms with van der Waals surface area (Å²) in [7, 11) is 0. The summed E-state index contributed by atoms with van der Waals surface area (Å²) in [4.78, 5) is 24.0. The molecule has 3 rings (SSSR count). The van der Waals surface area contributed by atoms with E-state index in [1.807, 2.05) is 0 Å². The molecule has 0 aromatic carbocycles. The summed E-state index contributed by atoms with van der Waals surface area (Å²) in [6, 6.07) is -3.10. The van der Waals surface area contributed by atoms with Crippen LogP contribution in [0.2, 0.25) is 0 Å². The first-order chi connectivity index (χ1) is 23.5. The van der Waals surface area contributed by atoms with E-state index < -0.39 is 155 Å². The molecule has 3 saturated heterocycles. The van der Waals surface area contributed by atoms with Gasteiger partial charge in [0.25, 0.3) is 0 Å². The van der Waals surface area contributed by atoms with Crippen LogP contribution >= 0.6 is 0 Å². The third kappa shape index (κ3) is 9.80. The molecule has 3 heterocycles. The zero-order chi connectivity index (χ0) is 37.6. The lowest BCUT2D eigenvalue weighted by molar-refractivity contribution is -0.392. The fourth-order valence-corrected chi connectivity index (χ4v) is 5.86. The Labute approximate surface area is 285 Å². The normalized spacial score (nSPS) is 41.9. The Morgan fingerprint density at radius 2 is 1.26 bits per heavy atom. The highest BCUT2D eigenvalue weighted by atomic mass is 16.8. The van der Waals surface area contributed by atoms with Gasteiger partial charge >= 0.3 is 0 Å². The Morgan fingerprint density at radius 3 is 1.80 bits per heavy atom. The summed E-state index contributed by atoms with van der Waals surface area (Å²) in [5.74, 6) is -1.47. The van der Waals surface area contributed by atoms with E-state index in [1.165, 1.54) is 6.92 Å². The molecule has 3 fully saturated rings. The summed E-state index contributed by atoms with van der Waals surface area (Å²) in [6.45, 7) is -0.319. The fourth-order valence-electron chi connectivity index (χ4n) is 5.86. The van der Waals surface area contributed by atoms with E-state index in [1.54, 1.807) is 0 Å². The second kappa shape index (κ2) is 18.8. The molecule has 0 aliphatic carbocycles. The average molecular weight is 735 g/mol. The van der Waals surface area contributed by atoms with Crippen molar-refractivity contribution < 1.29 is 99.3 Å². The molecule has 0 saturated carbocycles. The van der Waals surface area contributed by atoms with Crippen molar-refractivity contribution in [3.63, 3.8) is 0 Å². The number of carbonyl (C=O) groups is 2. The highest BCUT2D eigenvalue weighted by molar-refractivity contribution is 5.73. The van der Waals surface area contributed by atoms with Crippen LogP contribution in [0.25, 0.3) is 0 Å². The summed E-state index contributed by atoms with van der Waals surface area (Å²) in [5.41, 5.74) is 0. The first kappa shape index (κ1) is 42.6. The van der Waals surface area contributed by atoms with Crippen LogP contribution in [0, 0.1) is 0 Å². The van der Waals surface area contributed by atoms with E-state index in [0.29, 0.717) is 0 Å². The highest BCUT2D eigenvalue weighted by Gasteiger charge is 2.55. The minimum absolute atomic E-state index is 0.733. The number of aliphatic hydroxyl groups excluding tert-OH is 12. The van der Waals surface area contributed by atoms with Crippen LogP contribution in [-0.4, -0.2) is 216 Å². The summed E-state index contributed by atoms with van der Waals surface area (Å²) < 4.78 is 34.8. The molecule has 22 nitrogen and oxygen atoms in total. The van der Waals surface area contributed by atoms with Crippen molar-refractivity contribution in [2.24, 2.45) is 0 Å². The number of carbonyl (C=O) groups excluding carboxylic acids is 2. The van der Waals surface area contributed by atoms with Gasteiger partial charge in [0.2, 0.25) is 11.8 Å². The summed E-state index contributed by atoms with van der Waals surface area (Å²) in [6.07, 6.45) is -30.6. The molecule has 0 unspecified atom stereocenters. The van der Waals surface area contributed by atoms with E-state index in [2.05, 4.69) is 10.6 Å². The molecule has 0 spiro atoms. The van der Waals surface area contributed by atoms with E-state index >= 15 is 0 Å². The lowest BCUT2D eigenvalue weighted by atomic mass is 9.94. The van der Waals surface area contributed by atoms with Crippen LogP contribution in [0.3, 0.4) is 0 Å². The summed E-state index contributed by atoms with van der Waals surface area (Å²) in [5, 5.41) is 129. The van der Waals surface area contributed by atoms with Gasteiger partial charge in [-0.05, 0) is 6.92 Å². The molecule has 50 heavy (non-hydrogen) atoms. The fraction of sp³-hybridized carbons (Fsp3) is 0.929.